The average Bonchev–Trinajstić information content (AvgIpc) is 3.21. The number of halogens is 1. The number of aromatic nitrogens is 1. The molecule has 1 N–H and O–H groups in total. The summed E-state index contributed by atoms with van der Waals surface area (Å²) in [5, 5.41) is 3.74. The Bertz CT molecular complexity index is 923. The van der Waals surface area contributed by atoms with Crippen LogP contribution in [0.1, 0.15) is 31.1 Å². The molecule has 3 aromatic rings. The van der Waals surface area contributed by atoms with Gasteiger partial charge in [-0.2, -0.15) is 0 Å². The molecule has 3 rings (SSSR count). The van der Waals surface area contributed by atoms with Crippen molar-refractivity contribution in [3.8, 4) is 11.5 Å². The number of nitrogens with one attached hydrogen (secondary N) is 1. The minimum atomic E-state index is -0.0953. The molecule has 0 fully saturated rings. The molecule has 29 heavy (non-hydrogen) atoms. The fourth-order valence-corrected chi connectivity index (χ4v) is 3.65. The largest absolute Gasteiger partial charge is 0.444 e. The number of carbonyl (C=O) groups excluding carboxylic acids is 1. The Labute approximate surface area is 176 Å². The van der Waals surface area contributed by atoms with Crippen molar-refractivity contribution in [2.75, 3.05) is 19.6 Å². The Hall–Kier alpha value is -2.63. The molecule has 1 heterocycles. The molecule has 0 saturated heterocycles. The summed E-state index contributed by atoms with van der Waals surface area (Å²) in [6, 6.07) is 17.4. The van der Waals surface area contributed by atoms with Gasteiger partial charge >= 0.3 is 0 Å². The van der Waals surface area contributed by atoms with Gasteiger partial charge in [0.05, 0.1) is 18.2 Å². The lowest BCUT2D eigenvalue weighted by Gasteiger charge is -2.30. The third kappa shape index (κ3) is 5.46. The van der Waals surface area contributed by atoms with Crippen molar-refractivity contribution in [1.29, 1.82) is 0 Å². The molecular weight excluding hydrogens is 386 g/mol. The van der Waals surface area contributed by atoms with E-state index in [4.69, 9.17) is 16.0 Å². The second-order valence-electron chi connectivity index (χ2n) is 6.75. The molecule has 1 unspecified atom stereocenters. The van der Waals surface area contributed by atoms with E-state index in [1.54, 1.807) is 0 Å². The van der Waals surface area contributed by atoms with E-state index < -0.39 is 0 Å². The molecule has 1 amide bonds. The molecule has 6 heteroatoms. The number of oxazole rings is 1. The van der Waals surface area contributed by atoms with Crippen LogP contribution in [0.4, 0.5) is 0 Å². The number of amides is 1. The second kappa shape index (κ2) is 10.2. The molecule has 0 aliphatic rings. The van der Waals surface area contributed by atoms with Crippen LogP contribution in [0.25, 0.3) is 11.5 Å². The van der Waals surface area contributed by atoms with Crippen LogP contribution < -0.4 is 5.32 Å². The lowest BCUT2D eigenvalue weighted by atomic mass is 10.0. The Morgan fingerprint density at radius 1 is 1.10 bits per heavy atom. The molecule has 1 aromatic heterocycles. The molecule has 5 nitrogen and oxygen atoms in total. The summed E-state index contributed by atoms with van der Waals surface area (Å²) >= 11 is 6.42. The molecule has 152 valence electrons. The highest BCUT2D eigenvalue weighted by Crippen LogP contribution is 2.27. The summed E-state index contributed by atoms with van der Waals surface area (Å²) in [4.78, 5) is 19.2. The van der Waals surface area contributed by atoms with Crippen molar-refractivity contribution < 1.29 is 9.21 Å². The highest BCUT2D eigenvalue weighted by molar-refractivity contribution is 6.31. The van der Waals surface area contributed by atoms with Gasteiger partial charge < -0.3 is 9.73 Å². The predicted octanol–water partition coefficient (Wildman–Crippen LogP) is 4.74. The topological polar surface area (TPSA) is 58.4 Å². The van der Waals surface area contributed by atoms with Crippen molar-refractivity contribution >= 4 is 17.5 Å². The molecule has 2 aromatic carbocycles. The van der Waals surface area contributed by atoms with Gasteiger partial charge in [0.1, 0.15) is 6.26 Å². The Balaban J connectivity index is 1.65. The SMILES string of the molecule is CCN(CC)C(CNC(=O)Cc1coc(-c2ccccc2)n1)c1ccccc1Cl. The monoisotopic (exact) mass is 411 g/mol. The van der Waals surface area contributed by atoms with Gasteiger partial charge in [-0.05, 0) is 36.9 Å². The quantitative estimate of drug-likeness (QED) is 0.552. The first-order chi connectivity index (χ1) is 14.1. The first kappa shape index (κ1) is 21.1. The molecule has 0 aliphatic carbocycles. The maximum absolute atomic E-state index is 12.5. The van der Waals surface area contributed by atoms with Gasteiger partial charge in [0.15, 0.2) is 0 Å². The summed E-state index contributed by atoms with van der Waals surface area (Å²) in [5.41, 5.74) is 2.52. The first-order valence-corrected chi connectivity index (χ1v) is 10.2. The minimum Gasteiger partial charge on any atom is -0.444 e. The standard InChI is InChI=1S/C23H26ClN3O2/c1-3-27(4-2)21(19-12-8-9-13-20(19)24)15-25-22(28)14-18-16-29-23(26-18)17-10-6-5-7-11-17/h5-13,16,21H,3-4,14-15H2,1-2H3,(H,25,28). The van der Waals surface area contributed by atoms with Gasteiger partial charge in [-0.25, -0.2) is 4.98 Å². The molecule has 0 aliphatic heterocycles. The van der Waals surface area contributed by atoms with Crippen LogP contribution >= 0.6 is 11.6 Å². The van der Waals surface area contributed by atoms with Crippen LogP contribution in [-0.4, -0.2) is 35.4 Å². The molecule has 0 saturated carbocycles. The number of hydrogen-bond donors (Lipinski definition) is 1. The zero-order valence-electron chi connectivity index (χ0n) is 16.8. The maximum Gasteiger partial charge on any atom is 0.226 e. The van der Waals surface area contributed by atoms with Crippen LogP contribution in [-0.2, 0) is 11.2 Å². The lowest BCUT2D eigenvalue weighted by molar-refractivity contribution is -0.120. The van der Waals surface area contributed by atoms with Gasteiger partial charge in [0, 0.05) is 17.1 Å². The van der Waals surface area contributed by atoms with Crippen LogP contribution in [0.5, 0.6) is 0 Å². The summed E-state index contributed by atoms with van der Waals surface area (Å²) in [6.07, 6.45) is 1.71. The number of nitrogens with zero attached hydrogens (tertiary/aromatic N) is 2. The first-order valence-electron chi connectivity index (χ1n) is 9.87. The van der Waals surface area contributed by atoms with E-state index in [9.17, 15) is 4.79 Å². The summed E-state index contributed by atoms with van der Waals surface area (Å²) in [5.74, 6) is 0.424. The number of benzene rings is 2. The third-order valence-corrected chi connectivity index (χ3v) is 5.27. The highest BCUT2D eigenvalue weighted by Gasteiger charge is 2.21. The van der Waals surface area contributed by atoms with Crippen LogP contribution in [0.3, 0.4) is 0 Å². The van der Waals surface area contributed by atoms with Gasteiger partial charge in [-0.3, -0.25) is 9.69 Å². The number of carbonyl (C=O) groups is 1. The molecule has 1 atom stereocenters. The Kier molecular flexibility index (Phi) is 7.44. The smallest absolute Gasteiger partial charge is 0.226 e. The predicted molar refractivity (Wildman–Crippen MR) is 116 cm³/mol. The second-order valence-corrected chi connectivity index (χ2v) is 7.16. The van der Waals surface area contributed by atoms with Gasteiger partial charge in [0.2, 0.25) is 11.8 Å². The van der Waals surface area contributed by atoms with E-state index >= 15 is 0 Å². The van der Waals surface area contributed by atoms with Crippen molar-refractivity contribution in [2.45, 2.75) is 26.3 Å². The average molecular weight is 412 g/mol. The molecule has 0 bridgehead atoms. The van der Waals surface area contributed by atoms with Crippen LogP contribution in [0.15, 0.2) is 65.3 Å². The van der Waals surface area contributed by atoms with Crippen molar-refractivity contribution in [1.82, 2.24) is 15.2 Å². The Morgan fingerprint density at radius 3 is 2.48 bits per heavy atom. The summed E-state index contributed by atoms with van der Waals surface area (Å²) in [6.45, 7) is 6.43. The van der Waals surface area contributed by atoms with E-state index in [1.807, 2.05) is 54.6 Å². The number of likely N-dealkylation sites (N-methyl/N-ethyl adjacent to an activating group) is 1. The van der Waals surface area contributed by atoms with Crippen molar-refractivity contribution in [3.05, 3.63) is 77.1 Å². The van der Waals surface area contributed by atoms with E-state index in [0.717, 1.165) is 24.2 Å². The number of rotatable bonds is 9. The highest BCUT2D eigenvalue weighted by atomic mass is 35.5. The molecule has 0 spiro atoms. The summed E-state index contributed by atoms with van der Waals surface area (Å²) < 4.78 is 5.52. The van der Waals surface area contributed by atoms with E-state index in [2.05, 4.69) is 29.0 Å². The van der Waals surface area contributed by atoms with E-state index in [-0.39, 0.29) is 18.4 Å². The zero-order chi connectivity index (χ0) is 20.6. The fourth-order valence-electron chi connectivity index (χ4n) is 3.38. The zero-order valence-corrected chi connectivity index (χ0v) is 17.5. The van der Waals surface area contributed by atoms with Crippen molar-refractivity contribution in [3.63, 3.8) is 0 Å². The van der Waals surface area contributed by atoms with Gasteiger partial charge in [-0.15, -0.1) is 0 Å². The minimum absolute atomic E-state index is 0.0137. The van der Waals surface area contributed by atoms with Gasteiger partial charge in [-0.1, -0.05) is 61.8 Å². The third-order valence-electron chi connectivity index (χ3n) is 4.92. The molecule has 0 radical (unpaired) electrons. The Morgan fingerprint density at radius 2 is 1.79 bits per heavy atom. The normalized spacial score (nSPS) is 12.1. The van der Waals surface area contributed by atoms with E-state index in [0.29, 0.717) is 23.2 Å². The van der Waals surface area contributed by atoms with E-state index in [1.165, 1.54) is 6.26 Å². The van der Waals surface area contributed by atoms with Crippen LogP contribution in [0.2, 0.25) is 5.02 Å². The van der Waals surface area contributed by atoms with Crippen molar-refractivity contribution in [2.24, 2.45) is 0 Å². The van der Waals surface area contributed by atoms with Crippen LogP contribution in [0, 0.1) is 0 Å². The fraction of sp³-hybridized carbons (Fsp3) is 0.304. The summed E-state index contributed by atoms with van der Waals surface area (Å²) in [7, 11) is 0. The maximum atomic E-state index is 12.5. The molecular formula is C23H26ClN3O2. The number of hydrogen-bond acceptors (Lipinski definition) is 4. The van der Waals surface area contributed by atoms with Gasteiger partial charge in [0.25, 0.3) is 0 Å². The lowest BCUT2D eigenvalue weighted by Crippen LogP contribution is -2.38.